The normalized spacial score (nSPS) is 21.9. The van der Waals surface area contributed by atoms with Crippen molar-refractivity contribution in [2.45, 2.75) is 25.7 Å². The minimum absolute atomic E-state index is 0.441. The molecule has 1 heterocycles. The first kappa shape index (κ1) is 17.4. The van der Waals surface area contributed by atoms with Crippen molar-refractivity contribution in [3.63, 3.8) is 0 Å². The van der Waals surface area contributed by atoms with E-state index in [1.54, 1.807) is 4.31 Å². The van der Waals surface area contributed by atoms with E-state index >= 15 is 0 Å². The van der Waals surface area contributed by atoms with Gasteiger partial charge < -0.3 is 4.90 Å². The van der Waals surface area contributed by atoms with E-state index in [2.05, 4.69) is 43.1 Å². The maximum Gasteiger partial charge on any atom is 0.211 e. The molecule has 0 N–H and O–H groups in total. The summed E-state index contributed by atoms with van der Waals surface area (Å²) >= 11 is 0. The highest BCUT2D eigenvalue weighted by Gasteiger charge is 2.26. The fourth-order valence-electron chi connectivity index (χ4n) is 3.35. The van der Waals surface area contributed by atoms with Crippen molar-refractivity contribution < 1.29 is 8.42 Å². The molecule has 0 aliphatic carbocycles. The lowest BCUT2D eigenvalue weighted by Crippen LogP contribution is -2.43. The second-order valence-corrected chi connectivity index (χ2v) is 8.64. The summed E-state index contributed by atoms with van der Waals surface area (Å²) in [5.41, 5.74) is 1.36. The molecule has 0 aromatic heterocycles. The largest absolute Gasteiger partial charge is 0.305 e. The molecule has 1 fully saturated rings. The fraction of sp³-hybridized carbons (Fsp3) is 0.647. The molecule has 1 saturated heterocycles. The molecule has 1 aliphatic rings. The number of rotatable bonds is 6. The average Bonchev–Trinajstić information content (AvgIpc) is 2.47. The molecule has 4 nitrogen and oxygen atoms in total. The van der Waals surface area contributed by atoms with Gasteiger partial charge in [0.25, 0.3) is 0 Å². The molecule has 0 amide bonds. The highest BCUT2D eigenvalue weighted by Crippen LogP contribution is 2.21. The van der Waals surface area contributed by atoms with Crippen LogP contribution in [0.4, 0.5) is 0 Å². The Morgan fingerprint density at radius 2 is 2.00 bits per heavy atom. The number of sulfonamides is 1. The molecule has 22 heavy (non-hydrogen) atoms. The third-order valence-electron chi connectivity index (χ3n) is 4.47. The van der Waals surface area contributed by atoms with E-state index in [0.29, 0.717) is 24.9 Å². The number of hydrogen-bond acceptors (Lipinski definition) is 3. The molecule has 2 atom stereocenters. The van der Waals surface area contributed by atoms with Crippen LogP contribution in [-0.4, -0.2) is 57.1 Å². The average molecular weight is 324 g/mol. The van der Waals surface area contributed by atoms with Crippen molar-refractivity contribution >= 4 is 10.0 Å². The molecule has 2 rings (SSSR count). The number of hydrogen-bond donors (Lipinski definition) is 0. The second kappa shape index (κ2) is 7.57. The fourth-order valence-corrected chi connectivity index (χ4v) is 4.29. The minimum Gasteiger partial charge on any atom is -0.305 e. The molecule has 1 aliphatic heterocycles. The van der Waals surface area contributed by atoms with Crippen LogP contribution in [0, 0.1) is 5.92 Å². The Morgan fingerprint density at radius 3 is 2.64 bits per heavy atom. The quantitative estimate of drug-likeness (QED) is 0.807. The highest BCUT2D eigenvalue weighted by atomic mass is 32.2. The Morgan fingerprint density at radius 1 is 1.32 bits per heavy atom. The molecule has 0 spiro atoms. The Kier molecular flexibility index (Phi) is 6.01. The van der Waals surface area contributed by atoms with E-state index in [1.165, 1.54) is 11.8 Å². The molecule has 0 saturated carbocycles. The first-order chi connectivity index (χ1) is 10.4. The summed E-state index contributed by atoms with van der Waals surface area (Å²) in [6.45, 7) is 5.56. The van der Waals surface area contributed by atoms with Crippen molar-refractivity contribution in [1.82, 2.24) is 9.21 Å². The van der Waals surface area contributed by atoms with Crippen molar-refractivity contribution in [3.8, 4) is 0 Å². The van der Waals surface area contributed by atoms with Crippen LogP contribution in [0.1, 0.15) is 31.2 Å². The van der Waals surface area contributed by atoms with Crippen LogP contribution >= 0.6 is 0 Å². The Hall–Kier alpha value is -0.910. The van der Waals surface area contributed by atoms with Gasteiger partial charge in [0.2, 0.25) is 10.0 Å². The molecule has 1 aromatic carbocycles. The first-order valence-corrected chi connectivity index (χ1v) is 9.89. The molecule has 1 aromatic rings. The van der Waals surface area contributed by atoms with Gasteiger partial charge in [0.1, 0.15) is 0 Å². The van der Waals surface area contributed by atoms with E-state index in [0.717, 1.165) is 25.9 Å². The van der Waals surface area contributed by atoms with Gasteiger partial charge in [-0.05, 0) is 37.3 Å². The van der Waals surface area contributed by atoms with Gasteiger partial charge in [-0.2, -0.15) is 0 Å². The molecule has 0 radical (unpaired) electrons. The number of benzene rings is 1. The van der Waals surface area contributed by atoms with E-state index in [-0.39, 0.29) is 0 Å². The minimum atomic E-state index is -3.05. The van der Waals surface area contributed by atoms with Gasteiger partial charge >= 0.3 is 0 Å². The Bertz CT molecular complexity index is 559. The third-order valence-corrected chi connectivity index (χ3v) is 5.74. The standard InChI is InChI=1S/C17H28N2O2S/c1-15(17-9-5-4-6-10-17)12-18(2)13-16-8-7-11-19(14-16)22(3,20)21/h4-6,9-10,15-16H,7-8,11-14H2,1-3H3. The van der Waals surface area contributed by atoms with Crippen LogP contribution in [-0.2, 0) is 10.0 Å². The van der Waals surface area contributed by atoms with Crippen LogP contribution in [0.2, 0.25) is 0 Å². The lowest BCUT2D eigenvalue weighted by molar-refractivity contribution is 0.196. The molecular weight excluding hydrogens is 296 g/mol. The van der Waals surface area contributed by atoms with E-state index in [9.17, 15) is 8.42 Å². The third kappa shape index (κ3) is 5.07. The topological polar surface area (TPSA) is 40.6 Å². The van der Waals surface area contributed by atoms with Crippen LogP contribution in [0.15, 0.2) is 30.3 Å². The summed E-state index contributed by atoms with van der Waals surface area (Å²) in [6.07, 6.45) is 3.41. The molecule has 5 heteroatoms. The number of nitrogens with zero attached hydrogens (tertiary/aromatic N) is 2. The van der Waals surface area contributed by atoms with Gasteiger partial charge in [-0.3, -0.25) is 0 Å². The van der Waals surface area contributed by atoms with E-state index in [4.69, 9.17) is 0 Å². The van der Waals surface area contributed by atoms with Crippen LogP contribution in [0.25, 0.3) is 0 Å². The van der Waals surface area contributed by atoms with Gasteiger partial charge in [-0.15, -0.1) is 0 Å². The SMILES string of the molecule is CC(CN(C)CC1CCCN(S(C)(=O)=O)C1)c1ccccc1. The zero-order valence-electron chi connectivity index (χ0n) is 13.9. The molecule has 0 bridgehead atoms. The van der Waals surface area contributed by atoms with Gasteiger partial charge in [0.05, 0.1) is 6.26 Å². The highest BCUT2D eigenvalue weighted by molar-refractivity contribution is 7.88. The van der Waals surface area contributed by atoms with Crippen LogP contribution < -0.4 is 0 Å². The molecule has 124 valence electrons. The predicted molar refractivity (Wildman–Crippen MR) is 91.5 cm³/mol. The summed E-state index contributed by atoms with van der Waals surface area (Å²) in [6, 6.07) is 10.5. The van der Waals surface area contributed by atoms with E-state index < -0.39 is 10.0 Å². The zero-order valence-corrected chi connectivity index (χ0v) is 14.7. The van der Waals surface area contributed by atoms with E-state index in [1.807, 2.05) is 6.07 Å². The van der Waals surface area contributed by atoms with Crippen molar-refractivity contribution in [2.24, 2.45) is 5.92 Å². The molecular formula is C17H28N2O2S. The van der Waals surface area contributed by atoms with Gasteiger partial charge in [-0.1, -0.05) is 37.3 Å². The lowest BCUT2D eigenvalue weighted by Gasteiger charge is -2.34. The maximum atomic E-state index is 11.7. The molecule has 2 unspecified atom stereocenters. The number of likely N-dealkylation sites (N-methyl/N-ethyl adjacent to an activating group) is 1. The zero-order chi connectivity index (χ0) is 16.2. The van der Waals surface area contributed by atoms with Crippen molar-refractivity contribution in [3.05, 3.63) is 35.9 Å². The Balaban J connectivity index is 1.85. The Labute approximate surface area is 135 Å². The smallest absolute Gasteiger partial charge is 0.211 e. The summed E-state index contributed by atoms with van der Waals surface area (Å²) in [5.74, 6) is 0.928. The van der Waals surface area contributed by atoms with Gasteiger partial charge in [0, 0.05) is 26.2 Å². The monoisotopic (exact) mass is 324 g/mol. The predicted octanol–water partition coefficient (Wildman–Crippen LogP) is 2.39. The first-order valence-electron chi connectivity index (χ1n) is 8.05. The summed E-state index contributed by atoms with van der Waals surface area (Å²) in [5, 5.41) is 0. The summed E-state index contributed by atoms with van der Waals surface area (Å²) in [7, 11) is -0.908. The summed E-state index contributed by atoms with van der Waals surface area (Å²) in [4.78, 5) is 2.34. The van der Waals surface area contributed by atoms with Gasteiger partial charge in [0.15, 0.2) is 0 Å². The van der Waals surface area contributed by atoms with Crippen LogP contribution in [0.5, 0.6) is 0 Å². The van der Waals surface area contributed by atoms with Crippen molar-refractivity contribution in [2.75, 3.05) is 39.5 Å². The van der Waals surface area contributed by atoms with Crippen molar-refractivity contribution in [1.29, 1.82) is 0 Å². The van der Waals surface area contributed by atoms with Gasteiger partial charge in [-0.25, -0.2) is 12.7 Å². The van der Waals surface area contributed by atoms with Crippen LogP contribution in [0.3, 0.4) is 0 Å². The maximum absolute atomic E-state index is 11.7. The lowest BCUT2D eigenvalue weighted by atomic mass is 9.97. The summed E-state index contributed by atoms with van der Waals surface area (Å²) < 4.78 is 25.0. The number of piperidine rings is 1. The second-order valence-electron chi connectivity index (χ2n) is 6.66.